The van der Waals surface area contributed by atoms with Crippen LogP contribution in [0.25, 0.3) is 0 Å². The Morgan fingerprint density at radius 3 is 2.06 bits per heavy atom. The summed E-state index contributed by atoms with van der Waals surface area (Å²) < 4.78 is 27.5. The summed E-state index contributed by atoms with van der Waals surface area (Å²) in [5.74, 6) is 0. The van der Waals surface area contributed by atoms with Crippen LogP contribution in [-0.4, -0.2) is 56.3 Å². The van der Waals surface area contributed by atoms with Crippen LogP contribution in [0.1, 0.15) is 26.7 Å². The lowest BCUT2D eigenvalue weighted by Crippen LogP contribution is -2.49. The van der Waals surface area contributed by atoms with Crippen molar-refractivity contribution < 1.29 is 8.42 Å². The average molecular weight is 286 g/mol. The lowest BCUT2D eigenvalue weighted by Gasteiger charge is -2.34. The highest BCUT2D eigenvalue weighted by molar-refractivity contribution is 7.86. The molecular formula is C10H24ClN3O2S. The Balaban J connectivity index is 0.00000256. The molecule has 17 heavy (non-hydrogen) atoms. The molecule has 1 fully saturated rings. The third-order valence-electron chi connectivity index (χ3n) is 3.22. The minimum absolute atomic E-state index is 0. The van der Waals surface area contributed by atoms with E-state index in [9.17, 15) is 8.42 Å². The van der Waals surface area contributed by atoms with E-state index in [1.54, 1.807) is 4.31 Å². The number of nitrogens with zero attached hydrogens (tertiary/aromatic N) is 2. The molecule has 0 aromatic carbocycles. The maximum absolute atomic E-state index is 12.2. The van der Waals surface area contributed by atoms with Gasteiger partial charge in [0.15, 0.2) is 0 Å². The van der Waals surface area contributed by atoms with Gasteiger partial charge in [0.2, 0.25) is 0 Å². The van der Waals surface area contributed by atoms with Crippen LogP contribution < -0.4 is 5.32 Å². The van der Waals surface area contributed by atoms with Gasteiger partial charge >= 0.3 is 0 Å². The second kappa shape index (κ2) is 7.53. The van der Waals surface area contributed by atoms with Crippen molar-refractivity contribution in [2.45, 2.75) is 32.7 Å². The fraction of sp³-hybridized carbons (Fsp3) is 1.00. The number of hydrogen-bond acceptors (Lipinski definition) is 3. The minimum Gasteiger partial charge on any atom is -0.317 e. The topological polar surface area (TPSA) is 52.7 Å². The molecule has 0 unspecified atom stereocenters. The Labute approximate surface area is 111 Å². The van der Waals surface area contributed by atoms with Crippen LogP contribution in [0.2, 0.25) is 0 Å². The summed E-state index contributed by atoms with van der Waals surface area (Å²) in [6.45, 7) is 6.10. The Hall–Kier alpha value is 0.120. The highest BCUT2D eigenvalue weighted by atomic mass is 35.5. The number of piperidine rings is 1. The molecule has 0 spiro atoms. The van der Waals surface area contributed by atoms with E-state index >= 15 is 0 Å². The largest absolute Gasteiger partial charge is 0.317 e. The van der Waals surface area contributed by atoms with E-state index in [1.807, 2.05) is 20.9 Å². The van der Waals surface area contributed by atoms with E-state index in [-0.39, 0.29) is 12.4 Å². The first-order valence-electron chi connectivity index (χ1n) is 5.98. The van der Waals surface area contributed by atoms with Gasteiger partial charge in [0.1, 0.15) is 0 Å². The number of hydrogen-bond donors (Lipinski definition) is 1. The second-order valence-electron chi connectivity index (χ2n) is 4.05. The van der Waals surface area contributed by atoms with Gasteiger partial charge in [-0.1, -0.05) is 13.8 Å². The monoisotopic (exact) mass is 285 g/mol. The molecule has 1 aliphatic heterocycles. The van der Waals surface area contributed by atoms with E-state index < -0.39 is 10.2 Å². The van der Waals surface area contributed by atoms with Gasteiger partial charge in [-0.2, -0.15) is 17.0 Å². The first-order chi connectivity index (χ1) is 7.56. The minimum atomic E-state index is -3.22. The molecular weight excluding hydrogens is 262 g/mol. The quantitative estimate of drug-likeness (QED) is 0.808. The molecule has 0 aromatic heterocycles. The Morgan fingerprint density at radius 2 is 1.71 bits per heavy atom. The highest BCUT2D eigenvalue weighted by Crippen LogP contribution is 2.16. The predicted octanol–water partition coefficient (Wildman–Crippen LogP) is 0.679. The van der Waals surface area contributed by atoms with Crippen molar-refractivity contribution in [3.05, 3.63) is 0 Å². The van der Waals surface area contributed by atoms with Crippen molar-refractivity contribution in [3.8, 4) is 0 Å². The summed E-state index contributed by atoms with van der Waals surface area (Å²) in [5.41, 5.74) is 0. The second-order valence-corrected chi connectivity index (χ2v) is 5.98. The van der Waals surface area contributed by atoms with Gasteiger partial charge in [0.05, 0.1) is 0 Å². The maximum atomic E-state index is 12.2. The molecule has 5 nitrogen and oxygen atoms in total. The van der Waals surface area contributed by atoms with Crippen molar-refractivity contribution in [3.63, 3.8) is 0 Å². The van der Waals surface area contributed by atoms with Crippen LogP contribution in [0.5, 0.6) is 0 Å². The smallest absolute Gasteiger partial charge is 0.281 e. The van der Waals surface area contributed by atoms with Crippen LogP contribution in [0, 0.1) is 0 Å². The summed E-state index contributed by atoms with van der Waals surface area (Å²) in [4.78, 5) is 0. The lowest BCUT2D eigenvalue weighted by molar-refractivity contribution is 0.276. The molecule has 1 N–H and O–H groups in total. The average Bonchev–Trinajstić information content (AvgIpc) is 2.30. The van der Waals surface area contributed by atoms with Crippen LogP contribution >= 0.6 is 12.4 Å². The molecule has 1 rings (SSSR count). The molecule has 0 aromatic rings. The molecule has 0 aliphatic carbocycles. The summed E-state index contributed by atoms with van der Waals surface area (Å²) >= 11 is 0. The molecule has 0 atom stereocenters. The van der Waals surface area contributed by atoms with E-state index in [0.717, 1.165) is 12.8 Å². The van der Waals surface area contributed by atoms with Crippen LogP contribution in [0.4, 0.5) is 0 Å². The summed E-state index contributed by atoms with van der Waals surface area (Å²) in [6.07, 6.45) is 1.80. The van der Waals surface area contributed by atoms with E-state index in [4.69, 9.17) is 0 Å². The number of rotatable bonds is 5. The number of halogens is 1. The highest BCUT2D eigenvalue weighted by Gasteiger charge is 2.30. The van der Waals surface area contributed by atoms with Gasteiger partial charge in [0.25, 0.3) is 10.2 Å². The zero-order valence-corrected chi connectivity index (χ0v) is 12.5. The van der Waals surface area contributed by atoms with Gasteiger partial charge in [-0.25, -0.2) is 0 Å². The van der Waals surface area contributed by atoms with Gasteiger partial charge < -0.3 is 5.32 Å². The SMILES string of the molecule is CCN(CC)S(=O)(=O)N1CCC(NC)CC1.Cl. The van der Waals surface area contributed by atoms with Gasteiger partial charge in [-0.05, 0) is 19.9 Å². The first-order valence-corrected chi connectivity index (χ1v) is 7.38. The summed E-state index contributed by atoms with van der Waals surface area (Å²) in [7, 11) is -1.29. The molecule has 1 heterocycles. The third kappa shape index (κ3) is 4.06. The van der Waals surface area contributed by atoms with E-state index in [0.29, 0.717) is 32.2 Å². The van der Waals surface area contributed by atoms with Crippen molar-refractivity contribution in [1.82, 2.24) is 13.9 Å². The van der Waals surface area contributed by atoms with Crippen LogP contribution in [0.3, 0.4) is 0 Å². The zero-order chi connectivity index (χ0) is 12.2. The lowest BCUT2D eigenvalue weighted by atomic mass is 10.1. The van der Waals surface area contributed by atoms with E-state index in [1.165, 1.54) is 4.31 Å². The molecule has 0 radical (unpaired) electrons. The van der Waals surface area contributed by atoms with Crippen LogP contribution in [0.15, 0.2) is 0 Å². The van der Waals surface area contributed by atoms with Gasteiger partial charge in [-0.15, -0.1) is 12.4 Å². The van der Waals surface area contributed by atoms with Crippen molar-refractivity contribution in [2.24, 2.45) is 0 Å². The fourth-order valence-corrected chi connectivity index (χ4v) is 3.74. The molecule has 7 heteroatoms. The Kier molecular flexibility index (Phi) is 7.58. The summed E-state index contributed by atoms with van der Waals surface area (Å²) in [5, 5.41) is 3.20. The summed E-state index contributed by atoms with van der Waals surface area (Å²) in [6, 6.07) is 0.461. The normalized spacial score (nSPS) is 19.3. The van der Waals surface area contributed by atoms with Gasteiger partial charge in [0, 0.05) is 32.2 Å². The maximum Gasteiger partial charge on any atom is 0.281 e. The molecule has 1 aliphatic rings. The van der Waals surface area contributed by atoms with Gasteiger partial charge in [-0.3, -0.25) is 0 Å². The fourth-order valence-electron chi connectivity index (χ4n) is 2.09. The Bertz CT molecular complexity index is 299. The molecule has 0 bridgehead atoms. The van der Waals surface area contributed by atoms with Crippen LogP contribution in [-0.2, 0) is 10.2 Å². The van der Waals surface area contributed by atoms with E-state index in [2.05, 4.69) is 5.32 Å². The first kappa shape index (κ1) is 17.1. The Morgan fingerprint density at radius 1 is 1.24 bits per heavy atom. The third-order valence-corrected chi connectivity index (χ3v) is 5.41. The van der Waals surface area contributed by atoms with Crippen molar-refractivity contribution in [1.29, 1.82) is 0 Å². The zero-order valence-electron chi connectivity index (χ0n) is 10.8. The van der Waals surface area contributed by atoms with Crippen molar-refractivity contribution >= 4 is 22.6 Å². The molecule has 0 saturated carbocycles. The standard InChI is InChI=1S/C10H23N3O2S.ClH/c1-4-12(5-2)16(14,15)13-8-6-10(11-3)7-9-13;/h10-11H,4-9H2,1-3H3;1H. The predicted molar refractivity (Wildman–Crippen MR) is 72.7 cm³/mol. The molecule has 1 saturated heterocycles. The number of nitrogens with one attached hydrogen (secondary N) is 1. The van der Waals surface area contributed by atoms with Crippen molar-refractivity contribution in [2.75, 3.05) is 33.2 Å². The molecule has 104 valence electrons. The molecule has 0 amide bonds.